The quantitative estimate of drug-likeness (QED) is 0.837. The number of aryl methyl sites for hydroxylation is 1. The number of carbonyl (C=O) groups is 1. The molecule has 2 amide bonds. The molecule has 0 aromatic heterocycles. The zero-order valence-electron chi connectivity index (χ0n) is 15.3. The summed E-state index contributed by atoms with van der Waals surface area (Å²) in [7, 11) is 1.63. The number of hydrogen-bond acceptors (Lipinski definition) is 3. The summed E-state index contributed by atoms with van der Waals surface area (Å²) in [6.45, 7) is 2.47. The zero-order chi connectivity index (χ0) is 18.4. The third-order valence-corrected chi connectivity index (χ3v) is 4.60. The van der Waals surface area contributed by atoms with E-state index >= 15 is 0 Å². The van der Waals surface area contributed by atoms with Crippen LogP contribution < -0.4 is 20.1 Å². The van der Waals surface area contributed by atoms with Crippen LogP contribution in [-0.2, 0) is 12.8 Å². The van der Waals surface area contributed by atoms with Crippen molar-refractivity contribution in [3.05, 3.63) is 59.7 Å². The number of methoxy groups -OCH3 is 1. The minimum atomic E-state index is -0.148. The SMILES string of the molecule is COc1cccc2c1OCC(NC(=O)NC(C)CCc1ccccc1)C2. The lowest BCUT2D eigenvalue weighted by Crippen LogP contribution is -2.49. The summed E-state index contributed by atoms with van der Waals surface area (Å²) in [5, 5.41) is 6.02. The molecular formula is C21H26N2O3. The predicted octanol–water partition coefficient (Wildman–Crippen LogP) is 3.32. The van der Waals surface area contributed by atoms with E-state index in [1.165, 1.54) is 5.56 Å². The molecule has 0 saturated carbocycles. The lowest BCUT2D eigenvalue weighted by molar-refractivity contribution is 0.208. The molecule has 5 nitrogen and oxygen atoms in total. The number of urea groups is 1. The Hall–Kier alpha value is -2.69. The lowest BCUT2D eigenvalue weighted by atomic mass is 10.0. The molecule has 0 radical (unpaired) electrons. The van der Waals surface area contributed by atoms with E-state index < -0.39 is 0 Å². The fourth-order valence-corrected chi connectivity index (χ4v) is 3.20. The Morgan fingerprint density at radius 2 is 2.04 bits per heavy atom. The third-order valence-electron chi connectivity index (χ3n) is 4.60. The molecule has 0 fully saturated rings. The normalized spacial score (nSPS) is 16.8. The molecule has 5 heteroatoms. The zero-order valence-corrected chi connectivity index (χ0v) is 15.3. The van der Waals surface area contributed by atoms with Crippen molar-refractivity contribution in [2.45, 2.75) is 38.3 Å². The van der Waals surface area contributed by atoms with Crippen LogP contribution in [0.25, 0.3) is 0 Å². The van der Waals surface area contributed by atoms with Gasteiger partial charge in [-0.2, -0.15) is 0 Å². The van der Waals surface area contributed by atoms with E-state index in [9.17, 15) is 4.79 Å². The van der Waals surface area contributed by atoms with Crippen LogP contribution in [0.2, 0.25) is 0 Å². The summed E-state index contributed by atoms with van der Waals surface area (Å²) in [4.78, 5) is 12.3. The fourth-order valence-electron chi connectivity index (χ4n) is 3.20. The highest BCUT2D eigenvalue weighted by atomic mass is 16.5. The predicted molar refractivity (Wildman–Crippen MR) is 102 cm³/mol. The topological polar surface area (TPSA) is 59.6 Å². The molecule has 3 rings (SSSR count). The molecule has 138 valence electrons. The van der Waals surface area contributed by atoms with Crippen molar-refractivity contribution in [2.75, 3.05) is 13.7 Å². The average Bonchev–Trinajstić information content (AvgIpc) is 2.66. The van der Waals surface area contributed by atoms with Gasteiger partial charge in [0.2, 0.25) is 0 Å². The molecule has 2 aromatic rings. The Kier molecular flexibility index (Phi) is 6.00. The molecule has 2 unspecified atom stereocenters. The molecular weight excluding hydrogens is 328 g/mol. The van der Waals surface area contributed by atoms with Gasteiger partial charge in [0.15, 0.2) is 11.5 Å². The average molecular weight is 354 g/mol. The van der Waals surface area contributed by atoms with Gasteiger partial charge in [-0.15, -0.1) is 0 Å². The van der Waals surface area contributed by atoms with Crippen LogP contribution in [0.5, 0.6) is 11.5 Å². The minimum Gasteiger partial charge on any atom is -0.493 e. The van der Waals surface area contributed by atoms with Gasteiger partial charge in [0.1, 0.15) is 6.61 Å². The highest BCUT2D eigenvalue weighted by molar-refractivity contribution is 5.74. The van der Waals surface area contributed by atoms with Gasteiger partial charge in [0.05, 0.1) is 13.2 Å². The second-order valence-corrected chi connectivity index (χ2v) is 6.70. The Balaban J connectivity index is 1.46. The van der Waals surface area contributed by atoms with E-state index in [2.05, 4.69) is 22.8 Å². The van der Waals surface area contributed by atoms with Gasteiger partial charge in [0, 0.05) is 11.6 Å². The molecule has 2 atom stereocenters. The van der Waals surface area contributed by atoms with E-state index in [0.717, 1.165) is 36.3 Å². The molecule has 1 heterocycles. The van der Waals surface area contributed by atoms with Gasteiger partial charge in [-0.1, -0.05) is 42.5 Å². The van der Waals surface area contributed by atoms with Crippen molar-refractivity contribution in [1.82, 2.24) is 10.6 Å². The highest BCUT2D eigenvalue weighted by Gasteiger charge is 2.24. The number of para-hydroxylation sites is 1. The molecule has 0 spiro atoms. The fraction of sp³-hybridized carbons (Fsp3) is 0.381. The van der Waals surface area contributed by atoms with Gasteiger partial charge in [-0.3, -0.25) is 0 Å². The molecule has 1 aliphatic heterocycles. The summed E-state index contributed by atoms with van der Waals surface area (Å²) < 4.78 is 11.1. The first-order valence-corrected chi connectivity index (χ1v) is 9.05. The number of rotatable bonds is 6. The van der Waals surface area contributed by atoms with Gasteiger partial charge < -0.3 is 20.1 Å². The summed E-state index contributed by atoms with van der Waals surface area (Å²) in [6, 6.07) is 16.0. The van der Waals surface area contributed by atoms with Crippen molar-refractivity contribution in [2.24, 2.45) is 0 Å². The molecule has 0 saturated heterocycles. The van der Waals surface area contributed by atoms with Crippen LogP contribution in [0.15, 0.2) is 48.5 Å². The number of nitrogens with one attached hydrogen (secondary N) is 2. The Morgan fingerprint density at radius 3 is 2.81 bits per heavy atom. The van der Waals surface area contributed by atoms with Crippen LogP contribution in [0.1, 0.15) is 24.5 Å². The first-order valence-electron chi connectivity index (χ1n) is 9.05. The van der Waals surface area contributed by atoms with E-state index in [1.807, 2.05) is 43.3 Å². The van der Waals surface area contributed by atoms with Gasteiger partial charge in [0.25, 0.3) is 0 Å². The third kappa shape index (κ3) is 4.69. The maximum Gasteiger partial charge on any atom is 0.315 e. The van der Waals surface area contributed by atoms with Crippen molar-refractivity contribution >= 4 is 6.03 Å². The van der Waals surface area contributed by atoms with Crippen LogP contribution in [-0.4, -0.2) is 31.8 Å². The summed E-state index contributed by atoms with van der Waals surface area (Å²) in [6.07, 6.45) is 2.58. The lowest BCUT2D eigenvalue weighted by Gasteiger charge is -2.27. The Morgan fingerprint density at radius 1 is 1.23 bits per heavy atom. The monoisotopic (exact) mass is 354 g/mol. The van der Waals surface area contributed by atoms with Gasteiger partial charge >= 0.3 is 6.03 Å². The van der Waals surface area contributed by atoms with Crippen molar-refractivity contribution in [3.8, 4) is 11.5 Å². The van der Waals surface area contributed by atoms with E-state index in [-0.39, 0.29) is 18.1 Å². The van der Waals surface area contributed by atoms with Crippen LogP contribution >= 0.6 is 0 Å². The van der Waals surface area contributed by atoms with E-state index in [4.69, 9.17) is 9.47 Å². The van der Waals surface area contributed by atoms with Crippen LogP contribution in [0, 0.1) is 0 Å². The summed E-state index contributed by atoms with van der Waals surface area (Å²) in [5.74, 6) is 1.52. The minimum absolute atomic E-state index is 0.0454. The van der Waals surface area contributed by atoms with Gasteiger partial charge in [-0.25, -0.2) is 4.79 Å². The molecule has 2 N–H and O–H groups in total. The second kappa shape index (κ2) is 8.61. The van der Waals surface area contributed by atoms with Crippen LogP contribution in [0.4, 0.5) is 4.79 Å². The maximum atomic E-state index is 12.3. The second-order valence-electron chi connectivity index (χ2n) is 6.70. The number of carbonyl (C=O) groups excluding carboxylic acids is 1. The van der Waals surface area contributed by atoms with Crippen LogP contribution in [0.3, 0.4) is 0 Å². The Bertz CT molecular complexity index is 733. The molecule has 26 heavy (non-hydrogen) atoms. The summed E-state index contributed by atoms with van der Waals surface area (Å²) in [5.41, 5.74) is 2.34. The number of amides is 2. The maximum absolute atomic E-state index is 12.3. The molecule has 1 aliphatic rings. The molecule has 0 bridgehead atoms. The number of fused-ring (bicyclic) bond motifs is 1. The van der Waals surface area contributed by atoms with Crippen molar-refractivity contribution in [3.63, 3.8) is 0 Å². The molecule has 2 aromatic carbocycles. The van der Waals surface area contributed by atoms with Crippen molar-refractivity contribution in [1.29, 1.82) is 0 Å². The smallest absolute Gasteiger partial charge is 0.315 e. The van der Waals surface area contributed by atoms with E-state index in [0.29, 0.717) is 6.61 Å². The number of hydrogen-bond donors (Lipinski definition) is 2. The summed E-state index contributed by atoms with van der Waals surface area (Å²) >= 11 is 0. The largest absolute Gasteiger partial charge is 0.493 e. The first-order chi connectivity index (χ1) is 12.7. The van der Waals surface area contributed by atoms with Gasteiger partial charge in [-0.05, 0) is 37.8 Å². The Labute approximate surface area is 154 Å². The van der Waals surface area contributed by atoms with Crippen molar-refractivity contribution < 1.29 is 14.3 Å². The number of benzene rings is 2. The standard InChI is InChI=1S/C21H26N2O3/c1-15(11-12-16-7-4-3-5-8-16)22-21(24)23-18-13-17-9-6-10-19(25-2)20(17)26-14-18/h3-10,15,18H,11-14H2,1-2H3,(H2,22,23,24). The molecule has 0 aliphatic carbocycles. The number of ether oxygens (including phenoxy) is 2. The first kappa shape index (κ1) is 18.1. The highest BCUT2D eigenvalue weighted by Crippen LogP contribution is 2.34. The van der Waals surface area contributed by atoms with E-state index in [1.54, 1.807) is 7.11 Å².